The van der Waals surface area contributed by atoms with Gasteiger partial charge in [0.25, 0.3) is 0 Å². The maximum absolute atomic E-state index is 6.38. The molecule has 0 amide bonds. The van der Waals surface area contributed by atoms with Gasteiger partial charge in [0.05, 0.1) is 0 Å². The van der Waals surface area contributed by atoms with E-state index in [1.165, 1.54) is 105 Å². The van der Waals surface area contributed by atoms with Crippen LogP contribution in [0.1, 0.15) is 81.3 Å². The fourth-order valence-corrected chi connectivity index (χ4v) is 10.0. The smallest absolute Gasteiger partial charge is 0.109 e. The molecule has 0 heterocycles. The number of fused-ring (bicyclic) bond motifs is 5. The van der Waals surface area contributed by atoms with Gasteiger partial charge in [-0.1, -0.05) is 131 Å². The SMILES string of the molecule is CC(C)(C)c1cc2c([c-]c1-c1ccccc1)Cc1cc(-c3ccccc3)c(C(C)(C)C)cc1-2.Clc1cc([C](=[Zr+2])c2cc(Cl)cc3ccccc23)c2ccccc2c1.[C-]1=CC=CC1.[Cl-].[Cl-]. The normalized spacial score (nSPS) is 12.3. The molecule has 0 unspecified atom stereocenters. The van der Waals surface area contributed by atoms with E-state index >= 15 is 0 Å². The Balaban J connectivity index is 0.000000193. The quantitative estimate of drug-likeness (QED) is 0.154. The molecule has 0 atom stereocenters. The van der Waals surface area contributed by atoms with Crippen molar-refractivity contribution in [3.63, 3.8) is 0 Å². The molecule has 5 heteroatoms. The molecule has 0 N–H and O–H groups in total. The van der Waals surface area contributed by atoms with Crippen molar-refractivity contribution in [2.75, 3.05) is 0 Å². The molecule has 0 aromatic heterocycles. The van der Waals surface area contributed by atoms with Gasteiger partial charge < -0.3 is 24.8 Å². The second-order valence-electron chi connectivity index (χ2n) is 18.1. The zero-order valence-corrected chi connectivity index (χ0v) is 42.6. The van der Waals surface area contributed by atoms with Crippen molar-refractivity contribution in [3.8, 4) is 33.4 Å². The number of hydrogen-bond acceptors (Lipinski definition) is 0. The third kappa shape index (κ3) is 10.8. The van der Waals surface area contributed by atoms with Crippen LogP contribution in [0.2, 0.25) is 10.0 Å². The van der Waals surface area contributed by atoms with Gasteiger partial charge in [0.2, 0.25) is 0 Å². The van der Waals surface area contributed by atoms with E-state index in [0.717, 1.165) is 33.7 Å². The molecule has 8 aromatic carbocycles. The summed E-state index contributed by atoms with van der Waals surface area (Å²) in [7, 11) is 0. The Bertz CT molecular complexity index is 2800. The molecule has 10 rings (SSSR count). The van der Waals surface area contributed by atoms with Crippen LogP contribution in [0.5, 0.6) is 0 Å². The van der Waals surface area contributed by atoms with Gasteiger partial charge in [0, 0.05) is 0 Å². The predicted molar refractivity (Wildman–Crippen MR) is 264 cm³/mol. The second-order valence-corrected chi connectivity index (χ2v) is 20.2. The van der Waals surface area contributed by atoms with Gasteiger partial charge in [-0.05, 0) is 39.5 Å². The van der Waals surface area contributed by atoms with Crippen molar-refractivity contribution >= 4 is 48.0 Å². The zero-order chi connectivity index (χ0) is 43.6. The van der Waals surface area contributed by atoms with E-state index in [1.807, 2.05) is 36.4 Å². The summed E-state index contributed by atoms with van der Waals surface area (Å²) in [4.78, 5) is 0. The van der Waals surface area contributed by atoms with E-state index in [1.54, 1.807) is 0 Å². The molecule has 0 radical (unpaired) electrons. The molecule has 2 aliphatic carbocycles. The van der Waals surface area contributed by atoms with E-state index in [-0.39, 0.29) is 35.6 Å². The summed E-state index contributed by atoms with van der Waals surface area (Å²) in [5.74, 6) is 0. The minimum Gasteiger partial charge on any atom is -1.00 e. The van der Waals surface area contributed by atoms with E-state index in [4.69, 9.17) is 23.2 Å². The summed E-state index contributed by atoms with van der Waals surface area (Å²) in [6.07, 6.45) is 10.9. The molecule has 0 aliphatic heterocycles. The van der Waals surface area contributed by atoms with Gasteiger partial charge in [0.1, 0.15) is 0 Å². The van der Waals surface area contributed by atoms with Gasteiger partial charge in [-0.3, -0.25) is 6.08 Å². The Labute approximate surface area is 417 Å². The minimum atomic E-state index is 0. The van der Waals surface area contributed by atoms with Crippen LogP contribution in [-0.4, -0.2) is 3.21 Å². The Morgan fingerprint density at radius 2 is 1.05 bits per heavy atom. The Morgan fingerprint density at radius 1 is 0.547 bits per heavy atom. The topological polar surface area (TPSA) is 0 Å². The van der Waals surface area contributed by atoms with Crippen LogP contribution in [0.25, 0.3) is 54.9 Å². The first-order chi connectivity index (χ1) is 29.8. The standard InChI is InChI=1S/C33H33.C21H12Cl2.C5H5.2ClH.Zr/c1-32(2,3)30-20-26-24(18-28(30)22-13-9-7-10-14-22)17-25-19-29(23-15-11-8-12-16-23)31(21-27(25)26)33(4,5)6;22-18-10-14-5-1-3-7-20(14)16(12-18)9-17-13-19(23)11-15-6-2-4-8-21(15)17;1-2-4-5-3-1;;;/h7-16,18,20-21H,17H2,1-6H3;1-8,10-13H;1-3H,4H2;2*1H;/q-1;;-1;;;+2/p-2. The van der Waals surface area contributed by atoms with Gasteiger partial charge in [-0.15, -0.1) is 35.2 Å². The van der Waals surface area contributed by atoms with Crippen molar-refractivity contribution < 1.29 is 49.0 Å². The Hall–Kier alpha value is -4.33. The zero-order valence-electron chi connectivity index (χ0n) is 37.1. The predicted octanol–water partition coefficient (Wildman–Crippen LogP) is 10.7. The van der Waals surface area contributed by atoms with Gasteiger partial charge >= 0.3 is 166 Å². The third-order valence-electron chi connectivity index (χ3n) is 11.6. The molecule has 0 spiro atoms. The maximum Gasteiger partial charge on any atom is -0.109 e. The molecule has 0 fully saturated rings. The summed E-state index contributed by atoms with van der Waals surface area (Å²) in [5.41, 5.74) is 15.9. The van der Waals surface area contributed by atoms with Gasteiger partial charge in [-0.25, -0.2) is 12.2 Å². The molecule has 320 valence electrons. The number of allylic oxidation sites excluding steroid dienone is 4. The number of benzene rings is 8. The molecule has 0 nitrogen and oxygen atoms in total. The second kappa shape index (κ2) is 20.9. The monoisotopic (exact) mass is 988 g/mol. The summed E-state index contributed by atoms with van der Waals surface area (Å²) < 4.78 is 1.26. The van der Waals surface area contributed by atoms with E-state index < -0.39 is 0 Å². The molecule has 0 saturated carbocycles. The molecule has 0 bridgehead atoms. The number of rotatable bonds is 4. The Kier molecular flexibility index (Phi) is 16.0. The fourth-order valence-electron chi connectivity index (χ4n) is 8.55. The van der Waals surface area contributed by atoms with Gasteiger partial charge in [0.15, 0.2) is 0 Å². The van der Waals surface area contributed by atoms with Crippen LogP contribution in [-0.2, 0) is 41.5 Å². The summed E-state index contributed by atoms with van der Waals surface area (Å²) >= 11 is 14.1. The molecule has 0 saturated heterocycles. The first-order valence-corrected chi connectivity index (χ1v) is 23.3. The third-order valence-corrected chi connectivity index (χ3v) is 13.4. The Morgan fingerprint density at radius 3 is 1.53 bits per heavy atom. The van der Waals surface area contributed by atoms with Crippen molar-refractivity contribution in [2.24, 2.45) is 0 Å². The van der Waals surface area contributed by atoms with Crippen molar-refractivity contribution in [1.82, 2.24) is 0 Å². The van der Waals surface area contributed by atoms with Crippen LogP contribution >= 0.6 is 23.2 Å². The van der Waals surface area contributed by atoms with Crippen LogP contribution in [0, 0.1) is 12.1 Å². The summed E-state index contributed by atoms with van der Waals surface area (Å²) in [6, 6.07) is 57.7. The number of halogens is 4. The van der Waals surface area contributed by atoms with Crippen LogP contribution in [0.4, 0.5) is 0 Å². The van der Waals surface area contributed by atoms with E-state index in [9.17, 15) is 0 Å². The largest absolute Gasteiger partial charge is 1.00 e. The summed E-state index contributed by atoms with van der Waals surface area (Å²) in [5, 5.41) is 6.28. The minimum absolute atomic E-state index is 0. The molecule has 64 heavy (non-hydrogen) atoms. The maximum atomic E-state index is 6.38. The van der Waals surface area contributed by atoms with E-state index in [2.05, 4.69) is 187 Å². The average molecular weight is 992 g/mol. The van der Waals surface area contributed by atoms with Crippen LogP contribution < -0.4 is 24.8 Å². The summed E-state index contributed by atoms with van der Waals surface area (Å²) in [6.45, 7) is 13.9. The van der Waals surface area contributed by atoms with Crippen molar-refractivity contribution in [2.45, 2.75) is 65.2 Å². The van der Waals surface area contributed by atoms with Crippen molar-refractivity contribution in [3.05, 3.63) is 225 Å². The molecule has 2 aliphatic rings. The molecular formula is C59H50Cl4Zr-2. The fraction of sp³-hybridized carbons (Fsp3) is 0.169. The molecule has 8 aromatic rings. The van der Waals surface area contributed by atoms with E-state index in [0.29, 0.717) is 0 Å². The first-order valence-electron chi connectivity index (χ1n) is 21.3. The molecular weight excluding hydrogens is 942 g/mol. The van der Waals surface area contributed by atoms with Crippen LogP contribution in [0.15, 0.2) is 170 Å². The number of hydrogen-bond donors (Lipinski definition) is 0. The first kappa shape index (κ1) is 49.1. The van der Waals surface area contributed by atoms with Crippen molar-refractivity contribution in [1.29, 1.82) is 0 Å². The average Bonchev–Trinajstić information content (AvgIpc) is 3.97. The van der Waals surface area contributed by atoms with Gasteiger partial charge in [-0.2, -0.15) is 6.08 Å². The van der Waals surface area contributed by atoms with Crippen LogP contribution in [0.3, 0.4) is 0 Å².